The maximum absolute atomic E-state index is 4.97. The molecule has 0 amide bonds. The first-order chi connectivity index (χ1) is 11.6. The largest absolute Gasteiger partial charge is 0.373 e. The van der Waals surface area contributed by atoms with E-state index >= 15 is 0 Å². The minimum absolute atomic E-state index is 0.316. The Labute approximate surface area is 148 Å². The van der Waals surface area contributed by atoms with Gasteiger partial charge in [-0.15, -0.1) is 11.3 Å². The molecule has 24 heavy (non-hydrogen) atoms. The molecule has 1 aromatic carbocycles. The number of aryl methyl sites for hydroxylation is 3. The SMILES string of the molecule is C=C(C)N1CCN(C2c3ccccc3CCc3sc(C)nc32)CC1. The predicted octanol–water partition coefficient (Wildman–Crippen LogP) is 3.79. The van der Waals surface area contributed by atoms with Gasteiger partial charge in [0.1, 0.15) is 0 Å². The van der Waals surface area contributed by atoms with Crippen LogP contribution >= 0.6 is 11.3 Å². The zero-order chi connectivity index (χ0) is 16.7. The highest BCUT2D eigenvalue weighted by Gasteiger charge is 2.33. The van der Waals surface area contributed by atoms with Gasteiger partial charge in [0.25, 0.3) is 0 Å². The molecule has 1 unspecified atom stereocenters. The van der Waals surface area contributed by atoms with Crippen molar-refractivity contribution in [2.24, 2.45) is 0 Å². The molecule has 1 fully saturated rings. The predicted molar refractivity (Wildman–Crippen MR) is 101 cm³/mol. The molecule has 1 aromatic heterocycles. The fourth-order valence-electron chi connectivity index (χ4n) is 4.03. The van der Waals surface area contributed by atoms with Crippen molar-refractivity contribution >= 4 is 11.3 Å². The number of nitrogens with zero attached hydrogens (tertiary/aromatic N) is 3. The summed E-state index contributed by atoms with van der Waals surface area (Å²) in [7, 11) is 0. The van der Waals surface area contributed by atoms with Gasteiger partial charge in [-0.3, -0.25) is 4.90 Å². The Kier molecular flexibility index (Phi) is 4.19. The summed E-state index contributed by atoms with van der Waals surface area (Å²) >= 11 is 1.89. The van der Waals surface area contributed by atoms with E-state index in [-0.39, 0.29) is 0 Å². The maximum atomic E-state index is 4.97. The summed E-state index contributed by atoms with van der Waals surface area (Å²) in [6.45, 7) is 12.6. The molecule has 2 aromatic rings. The summed E-state index contributed by atoms with van der Waals surface area (Å²) in [6.07, 6.45) is 2.26. The molecule has 126 valence electrons. The third-order valence-electron chi connectivity index (χ3n) is 5.28. The van der Waals surface area contributed by atoms with Crippen LogP contribution in [-0.2, 0) is 12.8 Å². The van der Waals surface area contributed by atoms with Crippen LogP contribution < -0.4 is 0 Å². The number of benzene rings is 1. The van der Waals surface area contributed by atoms with Gasteiger partial charge >= 0.3 is 0 Å². The third kappa shape index (κ3) is 2.78. The average Bonchev–Trinajstić information content (AvgIpc) is 2.88. The van der Waals surface area contributed by atoms with E-state index in [2.05, 4.69) is 54.5 Å². The summed E-state index contributed by atoms with van der Waals surface area (Å²) in [4.78, 5) is 11.5. The lowest BCUT2D eigenvalue weighted by Gasteiger charge is -2.40. The highest BCUT2D eigenvalue weighted by atomic mass is 32.1. The van der Waals surface area contributed by atoms with Crippen molar-refractivity contribution in [2.45, 2.75) is 32.7 Å². The first kappa shape index (κ1) is 15.9. The molecule has 3 nitrogen and oxygen atoms in total. The molecule has 1 aliphatic carbocycles. The summed E-state index contributed by atoms with van der Waals surface area (Å²) in [5, 5.41) is 1.20. The summed E-state index contributed by atoms with van der Waals surface area (Å²) in [5.74, 6) is 0. The van der Waals surface area contributed by atoms with Crippen LogP contribution in [0.15, 0.2) is 36.5 Å². The van der Waals surface area contributed by atoms with Crippen molar-refractivity contribution in [3.63, 3.8) is 0 Å². The number of hydrogen-bond donors (Lipinski definition) is 0. The standard InChI is InChI=1S/C20H25N3S/c1-14(2)22-10-12-23(13-11-22)20-17-7-5-4-6-16(17)8-9-18-19(20)21-15(3)24-18/h4-7,20H,1,8-13H2,2-3H3. The lowest BCUT2D eigenvalue weighted by atomic mass is 9.97. The lowest BCUT2D eigenvalue weighted by Crippen LogP contribution is -2.47. The van der Waals surface area contributed by atoms with Crippen LogP contribution in [0.3, 0.4) is 0 Å². The van der Waals surface area contributed by atoms with Crippen molar-refractivity contribution in [1.82, 2.24) is 14.8 Å². The van der Waals surface area contributed by atoms with E-state index in [1.54, 1.807) is 0 Å². The zero-order valence-corrected chi connectivity index (χ0v) is 15.4. The Morgan fingerprint density at radius 2 is 1.92 bits per heavy atom. The molecule has 0 radical (unpaired) electrons. The average molecular weight is 340 g/mol. The minimum Gasteiger partial charge on any atom is -0.373 e. The van der Waals surface area contributed by atoms with E-state index in [0.29, 0.717) is 6.04 Å². The van der Waals surface area contributed by atoms with Crippen LogP contribution in [0, 0.1) is 6.92 Å². The van der Waals surface area contributed by atoms with Gasteiger partial charge in [-0.1, -0.05) is 30.8 Å². The van der Waals surface area contributed by atoms with Crippen LogP contribution in [0.5, 0.6) is 0 Å². The van der Waals surface area contributed by atoms with Crippen molar-refractivity contribution in [2.75, 3.05) is 26.2 Å². The number of thiazole rings is 1. The van der Waals surface area contributed by atoms with E-state index < -0.39 is 0 Å². The second kappa shape index (κ2) is 6.34. The Bertz CT molecular complexity index is 756. The van der Waals surface area contributed by atoms with Gasteiger partial charge in [0.2, 0.25) is 0 Å². The van der Waals surface area contributed by atoms with E-state index in [1.165, 1.54) is 32.4 Å². The monoisotopic (exact) mass is 339 g/mol. The summed E-state index contributed by atoms with van der Waals surface area (Å²) < 4.78 is 0. The highest BCUT2D eigenvalue weighted by Crippen LogP contribution is 2.38. The topological polar surface area (TPSA) is 19.4 Å². The molecule has 0 spiro atoms. The molecular weight excluding hydrogens is 314 g/mol. The Morgan fingerprint density at radius 3 is 2.67 bits per heavy atom. The van der Waals surface area contributed by atoms with Gasteiger partial charge < -0.3 is 4.90 Å². The molecule has 0 bridgehead atoms. The molecule has 1 atom stereocenters. The van der Waals surface area contributed by atoms with Crippen LogP contribution in [0.1, 0.15) is 39.7 Å². The van der Waals surface area contributed by atoms with Crippen LogP contribution in [0.25, 0.3) is 0 Å². The molecule has 1 aliphatic heterocycles. The normalized spacial score (nSPS) is 21.1. The number of fused-ring (bicyclic) bond motifs is 2. The van der Waals surface area contributed by atoms with Crippen LogP contribution in [0.2, 0.25) is 0 Å². The second-order valence-electron chi connectivity index (χ2n) is 6.90. The number of rotatable bonds is 2. The van der Waals surface area contributed by atoms with E-state index in [9.17, 15) is 0 Å². The summed E-state index contributed by atoms with van der Waals surface area (Å²) in [6, 6.07) is 9.29. The number of hydrogen-bond acceptors (Lipinski definition) is 4. The van der Waals surface area contributed by atoms with Gasteiger partial charge in [0.15, 0.2) is 0 Å². The molecule has 4 rings (SSSR count). The number of aromatic nitrogens is 1. The first-order valence-electron chi connectivity index (χ1n) is 8.82. The van der Waals surface area contributed by atoms with E-state index in [1.807, 2.05) is 11.3 Å². The second-order valence-corrected chi connectivity index (χ2v) is 8.19. The van der Waals surface area contributed by atoms with Crippen molar-refractivity contribution in [3.8, 4) is 0 Å². The van der Waals surface area contributed by atoms with E-state index in [0.717, 1.165) is 39.0 Å². The van der Waals surface area contributed by atoms with Gasteiger partial charge in [-0.2, -0.15) is 0 Å². The van der Waals surface area contributed by atoms with Gasteiger partial charge in [-0.25, -0.2) is 4.98 Å². The summed E-state index contributed by atoms with van der Waals surface area (Å²) in [5.41, 5.74) is 5.45. The zero-order valence-electron chi connectivity index (χ0n) is 14.6. The van der Waals surface area contributed by atoms with Crippen molar-refractivity contribution < 1.29 is 0 Å². The van der Waals surface area contributed by atoms with Gasteiger partial charge in [0, 0.05) is 36.8 Å². The van der Waals surface area contributed by atoms with Crippen molar-refractivity contribution in [3.05, 3.63) is 63.2 Å². The first-order valence-corrected chi connectivity index (χ1v) is 9.63. The maximum Gasteiger partial charge on any atom is 0.0901 e. The molecular formula is C20H25N3S. The van der Waals surface area contributed by atoms with Crippen molar-refractivity contribution in [1.29, 1.82) is 0 Å². The van der Waals surface area contributed by atoms with Gasteiger partial charge in [-0.05, 0) is 37.8 Å². The smallest absolute Gasteiger partial charge is 0.0901 e. The fourth-order valence-corrected chi connectivity index (χ4v) is 5.00. The third-order valence-corrected chi connectivity index (χ3v) is 6.33. The highest BCUT2D eigenvalue weighted by molar-refractivity contribution is 7.11. The Hall–Kier alpha value is -1.65. The Balaban J connectivity index is 1.72. The minimum atomic E-state index is 0.316. The quantitative estimate of drug-likeness (QED) is 0.830. The lowest BCUT2D eigenvalue weighted by molar-refractivity contribution is 0.130. The molecule has 2 heterocycles. The molecule has 2 aliphatic rings. The van der Waals surface area contributed by atoms with Crippen LogP contribution in [-0.4, -0.2) is 41.0 Å². The van der Waals surface area contributed by atoms with Gasteiger partial charge in [0.05, 0.1) is 16.7 Å². The molecule has 0 N–H and O–H groups in total. The molecule has 1 saturated heterocycles. The molecule has 0 saturated carbocycles. The van der Waals surface area contributed by atoms with Crippen LogP contribution in [0.4, 0.5) is 0 Å². The number of piperazine rings is 1. The fraction of sp³-hybridized carbons (Fsp3) is 0.450. The Morgan fingerprint density at radius 1 is 1.17 bits per heavy atom. The number of allylic oxidation sites excluding steroid dienone is 1. The molecule has 4 heteroatoms. The van der Waals surface area contributed by atoms with E-state index in [4.69, 9.17) is 4.98 Å².